The molecular weight excluding hydrogens is 1300 g/mol. The van der Waals surface area contributed by atoms with Crippen LogP contribution >= 0.6 is 0 Å². The molecule has 7 aliphatic rings. The third-order valence-electron chi connectivity index (χ3n) is 8.40. The molecule has 0 aromatic heterocycles. The fraction of sp³-hybridized carbons (Fsp3) is 0.774. The average molecular weight is 1340 g/mol. The Kier molecular flexibility index (Phi) is 40.3. The fourth-order valence-electron chi connectivity index (χ4n) is 5.10. The number of ether oxygens (including phenoxy) is 14. The number of carbonyl (C=O) groups excluding carboxylic acids is 7. The quantitative estimate of drug-likeness (QED) is 0.0559. The van der Waals surface area contributed by atoms with Gasteiger partial charge >= 0.3 is 119 Å². The zero-order chi connectivity index (χ0) is 61.7. The molecule has 0 radical (unpaired) electrons. The molecule has 7 heterocycles. The van der Waals surface area contributed by atoms with Crippen molar-refractivity contribution in [2.75, 3.05) is 68.4 Å². The van der Waals surface area contributed by atoms with Crippen LogP contribution in [0.15, 0.2) is 0 Å². The second kappa shape index (κ2) is 38.8. The molecule has 0 amide bonds. The van der Waals surface area contributed by atoms with E-state index in [1.807, 2.05) is 0 Å². The van der Waals surface area contributed by atoms with Gasteiger partial charge in [-0.1, -0.05) is 0 Å². The summed E-state index contributed by atoms with van der Waals surface area (Å²) in [6, 6.07) is 0. The first kappa shape index (κ1) is 87.1. The zero-order valence-electron chi connectivity index (χ0n) is 43.8. The van der Waals surface area contributed by atoms with E-state index >= 15 is 0 Å². The van der Waals surface area contributed by atoms with Gasteiger partial charge in [-0.3, -0.25) is 13.7 Å². The number of hydrogen-bond acceptors (Lipinski definition) is 39. The van der Waals surface area contributed by atoms with Gasteiger partial charge in [0, 0.05) is 18.6 Å². The summed E-state index contributed by atoms with van der Waals surface area (Å²) < 4.78 is 269. The molecule has 7 rings (SSSR count). The summed E-state index contributed by atoms with van der Waals surface area (Å²) in [7, 11) is -29.7. The minimum absolute atomic E-state index is 0. The van der Waals surface area contributed by atoms with E-state index in [1.165, 1.54) is 6.92 Å². The number of rotatable bonds is 16. The largest absolute Gasteiger partial charge is 1.00 e. The van der Waals surface area contributed by atoms with Crippen molar-refractivity contribution in [2.24, 2.45) is 0 Å². The molecule has 84 heavy (non-hydrogen) atoms. The van der Waals surface area contributed by atoms with Crippen LogP contribution in [-0.4, -0.2) is 250 Å². The van der Waals surface area contributed by atoms with Gasteiger partial charge in [0.05, 0.1) is 37.5 Å². The molecule has 3 N–H and O–H groups in total. The van der Waals surface area contributed by atoms with E-state index in [1.54, 1.807) is 0 Å². The van der Waals surface area contributed by atoms with E-state index in [4.69, 9.17) is 13.7 Å². The Morgan fingerprint density at radius 2 is 0.702 bits per heavy atom. The van der Waals surface area contributed by atoms with E-state index in [-0.39, 0.29) is 140 Å². The second-order valence-electron chi connectivity index (χ2n) is 15.2. The molecule has 0 aromatic carbocycles. The van der Waals surface area contributed by atoms with Gasteiger partial charge in [-0.25, -0.2) is 67.2 Å². The van der Waals surface area contributed by atoms with E-state index in [9.17, 15) is 111 Å². The van der Waals surface area contributed by atoms with Crippen LogP contribution in [0.2, 0.25) is 0 Å². The SMILES string of the molecule is CC1OC(=O)OC1S(=O)(=O)[O-].O=C1OCC(CCCS(=O)(=O)O)O1.O=C1OCC(CCS(=O)(=O)O)O1.O=C1OCC(CCS(=O)(=O)[O-])O1.O=C1OCC(CS(=O)(=O)O)O1.O=C1OCC(CS(=O)(=O)[O-])O1.O=C1OCC(S(=O)(=O)[O-])O1.[Li+].[Li+].[Li+].[Li+]. The predicted molar refractivity (Wildman–Crippen MR) is 234 cm³/mol. The van der Waals surface area contributed by atoms with Crippen LogP contribution in [0.25, 0.3) is 0 Å². The van der Waals surface area contributed by atoms with Crippen molar-refractivity contribution in [3.8, 4) is 0 Å². The maximum Gasteiger partial charge on any atom is 1.00 e. The van der Waals surface area contributed by atoms with Crippen LogP contribution in [0.5, 0.6) is 0 Å². The molecule has 0 saturated carbocycles. The molecule has 7 saturated heterocycles. The van der Waals surface area contributed by atoms with Gasteiger partial charge < -0.3 is 84.5 Å². The molecule has 53 heteroatoms. The monoisotopic (exact) mass is 1340 g/mol. The predicted octanol–water partition coefficient (Wildman–Crippen LogP) is -15.6. The summed E-state index contributed by atoms with van der Waals surface area (Å²) in [4.78, 5) is 71.8. The first-order chi connectivity index (χ1) is 36.3. The van der Waals surface area contributed by atoms with Crippen molar-refractivity contribution in [1.29, 1.82) is 0 Å². The number of cyclic esters (lactones) is 14. The van der Waals surface area contributed by atoms with Crippen molar-refractivity contribution in [3.63, 3.8) is 0 Å². The Hall–Kier alpha value is -3.35. The Labute approximate surface area is 524 Å². The van der Waals surface area contributed by atoms with Gasteiger partial charge in [0.15, 0.2) is 18.3 Å². The normalized spacial score (nSPS) is 23.7. The van der Waals surface area contributed by atoms with Crippen molar-refractivity contribution in [2.45, 2.75) is 80.1 Å². The summed E-state index contributed by atoms with van der Waals surface area (Å²) in [5, 5.41) is 0. The van der Waals surface area contributed by atoms with Crippen LogP contribution < -0.4 is 75.4 Å². The van der Waals surface area contributed by atoms with Crippen LogP contribution in [0.3, 0.4) is 0 Å². The molecule has 0 aliphatic carbocycles. The first-order valence-corrected chi connectivity index (χ1v) is 31.7. The van der Waals surface area contributed by atoms with Crippen molar-refractivity contribution < 1.29 is 266 Å². The maximum absolute atomic E-state index is 10.4. The molecule has 8 unspecified atom stereocenters. The van der Waals surface area contributed by atoms with Crippen molar-refractivity contribution >= 4 is 114 Å². The van der Waals surface area contributed by atoms with Crippen LogP contribution in [0.4, 0.5) is 33.6 Å². The van der Waals surface area contributed by atoms with E-state index in [0.29, 0.717) is 6.42 Å². The molecule has 466 valence electrons. The van der Waals surface area contributed by atoms with Gasteiger partial charge in [0.25, 0.3) is 30.4 Å². The fourth-order valence-corrected chi connectivity index (χ4v) is 9.15. The molecule has 8 atom stereocenters. The minimum Gasteiger partial charge on any atom is -0.748 e. The third-order valence-corrected chi connectivity index (χ3v) is 14.2. The Morgan fingerprint density at radius 1 is 0.369 bits per heavy atom. The molecule has 0 spiro atoms. The van der Waals surface area contributed by atoms with Gasteiger partial charge in [0.2, 0.25) is 10.9 Å². The third kappa shape index (κ3) is 44.1. The minimum atomic E-state index is -4.60. The van der Waals surface area contributed by atoms with Gasteiger partial charge in [0.1, 0.15) is 83.9 Å². The van der Waals surface area contributed by atoms with Crippen molar-refractivity contribution in [1.82, 2.24) is 0 Å². The Balaban J connectivity index is -0.000000441. The second-order valence-corrected chi connectivity index (χ2v) is 25.8. The molecule has 0 aromatic rings. The van der Waals surface area contributed by atoms with E-state index < -0.39 is 185 Å². The summed E-state index contributed by atoms with van der Waals surface area (Å²) in [5.41, 5.74) is -3.37. The Bertz CT molecular complexity index is 2860. The summed E-state index contributed by atoms with van der Waals surface area (Å²) in [6.45, 7) is 0.696. The van der Waals surface area contributed by atoms with Gasteiger partial charge in [-0.2, -0.15) is 25.3 Å². The van der Waals surface area contributed by atoms with Crippen LogP contribution in [0, 0.1) is 0 Å². The van der Waals surface area contributed by atoms with Crippen molar-refractivity contribution in [3.05, 3.63) is 0 Å². The maximum atomic E-state index is 10.4. The molecule has 42 nitrogen and oxygen atoms in total. The van der Waals surface area contributed by atoms with E-state index in [0.717, 1.165) is 0 Å². The number of carbonyl (C=O) groups is 7. The van der Waals surface area contributed by atoms with Gasteiger partial charge in [-0.15, -0.1) is 0 Å². The standard InChI is InChI=1S/C6H10O6S.2C5H8O6S.3C4H6O6S.C3H4O6S.4Li/c7-6-11-4-5(12-6)2-1-3-13(8,9)10;2*6-5-10-3-4(11-5)1-2-12(7,8)9;2*5-4-9-1-3(10-4)2-11(6,7)8;1-2-3(11(6,7)8)10-4(5)9-2;4-3-8-1-2(9-3)10(5,6)7;;;;/h5H,1-4H2,(H,8,9,10);2*4H,1-3H2,(H,7,8,9);2*3H,1-2H2,(H,6,7,8);2-3H,1H3,(H,6,7,8);2H,1H2,(H,5,6,7);;;;/q;;;;;;;4*+1/p-4. The van der Waals surface area contributed by atoms with Gasteiger partial charge in [-0.05, 0) is 19.8 Å². The summed E-state index contributed by atoms with van der Waals surface area (Å²) in [5.74, 6) is -2.61. The molecule has 7 aliphatic heterocycles. The summed E-state index contributed by atoms with van der Waals surface area (Å²) >= 11 is 0. The molecule has 0 bridgehead atoms. The average Bonchev–Trinajstić information content (AvgIpc) is 4.15. The zero-order valence-corrected chi connectivity index (χ0v) is 49.6. The first-order valence-electron chi connectivity index (χ1n) is 20.8. The van der Waals surface area contributed by atoms with E-state index in [2.05, 4.69) is 66.3 Å². The topological polar surface area (TPSA) is 641 Å². The molecular formula is C31H44Li4O42S7. The van der Waals surface area contributed by atoms with Crippen LogP contribution in [-0.2, 0) is 137 Å². The van der Waals surface area contributed by atoms with Crippen LogP contribution in [0.1, 0.15) is 32.6 Å². The number of hydrogen-bond donors (Lipinski definition) is 3. The molecule has 7 fully saturated rings. The smallest absolute Gasteiger partial charge is 0.748 e. The summed E-state index contributed by atoms with van der Waals surface area (Å²) in [6.07, 6.45) is -10.1. The Morgan fingerprint density at radius 3 is 0.940 bits per heavy atom.